The van der Waals surface area contributed by atoms with Crippen LogP contribution in [0.3, 0.4) is 0 Å². The van der Waals surface area contributed by atoms with Gasteiger partial charge in [-0.3, -0.25) is 9.59 Å². The van der Waals surface area contributed by atoms with Crippen LogP contribution in [0.4, 0.5) is 15.9 Å². The molecule has 2 N–H and O–H groups in total. The van der Waals surface area contributed by atoms with Gasteiger partial charge in [0.05, 0.1) is 26.9 Å². The number of anilines is 2. The smallest absolute Gasteiger partial charge is 0.258 e. The summed E-state index contributed by atoms with van der Waals surface area (Å²) in [4.78, 5) is 30.0. The first-order valence-electron chi connectivity index (χ1n) is 10.6. The van der Waals surface area contributed by atoms with Gasteiger partial charge in [0.15, 0.2) is 0 Å². The number of benzene rings is 3. The summed E-state index contributed by atoms with van der Waals surface area (Å²) in [5, 5.41) is 5.80. The van der Waals surface area contributed by atoms with Gasteiger partial charge in [-0.25, -0.2) is 9.37 Å². The van der Waals surface area contributed by atoms with Crippen LogP contribution in [-0.4, -0.2) is 16.8 Å². The summed E-state index contributed by atoms with van der Waals surface area (Å²) in [5.41, 5.74) is 3.21. The molecule has 5 nitrogen and oxygen atoms in total. The highest BCUT2D eigenvalue weighted by atomic mass is 35.5. The Hall–Kier alpha value is -3.74. The maximum Gasteiger partial charge on any atom is 0.258 e. The highest BCUT2D eigenvalue weighted by Gasteiger charge is 2.21. The summed E-state index contributed by atoms with van der Waals surface area (Å²) in [6.07, 6.45) is 1.40. The van der Waals surface area contributed by atoms with Gasteiger partial charge in [0.2, 0.25) is 0 Å². The van der Waals surface area contributed by atoms with Crippen LogP contribution in [-0.2, 0) is 0 Å². The summed E-state index contributed by atoms with van der Waals surface area (Å²) < 4.78 is 15.0. The second-order valence-corrected chi connectivity index (χ2v) is 8.79. The number of nitrogens with zero attached hydrogens (tertiary/aromatic N) is 1. The number of amides is 2. The lowest BCUT2D eigenvalue weighted by Gasteiger charge is -2.15. The minimum atomic E-state index is -0.733. The van der Waals surface area contributed by atoms with Crippen LogP contribution in [0.25, 0.3) is 11.1 Å². The zero-order chi connectivity index (χ0) is 25.1. The SMILES string of the molecule is Cc1cc(Cl)c(NC(=O)c2ccc(-c3ccccc3C)cc2F)c(C(=O)Nc2ccc(Cl)cn2)c1. The largest absolute Gasteiger partial charge is 0.320 e. The molecule has 0 radical (unpaired) electrons. The van der Waals surface area contributed by atoms with E-state index in [0.717, 1.165) is 11.1 Å². The van der Waals surface area contributed by atoms with Crippen LogP contribution >= 0.6 is 23.2 Å². The average Bonchev–Trinajstić information content (AvgIpc) is 2.82. The van der Waals surface area contributed by atoms with E-state index in [0.29, 0.717) is 16.1 Å². The topological polar surface area (TPSA) is 71.1 Å². The van der Waals surface area contributed by atoms with Crippen LogP contribution in [0.5, 0.6) is 0 Å². The number of aromatic nitrogens is 1. The molecule has 35 heavy (non-hydrogen) atoms. The quantitative estimate of drug-likeness (QED) is 0.297. The number of aryl methyl sites for hydroxylation is 2. The summed E-state index contributed by atoms with van der Waals surface area (Å²) in [6, 6.07) is 18.3. The fourth-order valence-electron chi connectivity index (χ4n) is 3.63. The third kappa shape index (κ3) is 5.50. The number of nitrogens with one attached hydrogen (secondary N) is 2. The molecule has 0 bridgehead atoms. The first-order valence-corrected chi connectivity index (χ1v) is 11.4. The fourth-order valence-corrected chi connectivity index (χ4v) is 4.06. The van der Waals surface area contributed by atoms with Gasteiger partial charge in [-0.2, -0.15) is 0 Å². The molecule has 0 unspecified atom stereocenters. The van der Waals surface area contributed by atoms with Crippen molar-refractivity contribution in [2.24, 2.45) is 0 Å². The number of hydrogen-bond acceptors (Lipinski definition) is 3. The van der Waals surface area contributed by atoms with Gasteiger partial charge in [-0.1, -0.05) is 53.5 Å². The lowest BCUT2D eigenvalue weighted by Crippen LogP contribution is -2.20. The second kappa shape index (κ2) is 10.3. The zero-order valence-corrected chi connectivity index (χ0v) is 20.3. The van der Waals surface area contributed by atoms with Gasteiger partial charge in [0.25, 0.3) is 11.8 Å². The molecule has 2 amide bonds. The normalized spacial score (nSPS) is 10.7. The molecule has 1 heterocycles. The van der Waals surface area contributed by atoms with Gasteiger partial charge in [0, 0.05) is 6.20 Å². The molecule has 3 aromatic carbocycles. The monoisotopic (exact) mass is 507 g/mol. The molecule has 0 aliphatic rings. The number of carbonyl (C=O) groups is 2. The van der Waals surface area contributed by atoms with Crippen molar-refractivity contribution in [2.75, 3.05) is 10.6 Å². The van der Waals surface area contributed by atoms with E-state index in [-0.39, 0.29) is 27.7 Å². The number of hydrogen-bond donors (Lipinski definition) is 2. The van der Waals surface area contributed by atoms with Crippen molar-refractivity contribution in [3.8, 4) is 11.1 Å². The van der Waals surface area contributed by atoms with Gasteiger partial charge < -0.3 is 10.6 Å². The minimum Gasteiger partial charge on any atom is -0.320 e. The van der Waals surface area contributed by atoms with Crippen LogP contribution in [0.1, 0.15) is 31.8 Å². The maximum absolute atomic E-state index is 15.0. The third-order valence-corrected chi connectivity index (χ3v) is 5.88. The first kappa shape index (κ1) is 24.4. The molecule has 0 saturated heterocycles. The Kier molecular flexibility index (Phi) is 7.15. The molecule has 176 valence electrons. The standard InChI is InChI=1S/C27H20Cl2FN3O2/c1-15-11-21(27(35)32-24-10-8-18(28)14-31-24)25(22(29)12-15)33-26(34)20-9-7-17(13-23(20)30)19-6-4-3-5-16(19)2/h3-14H,1-2H3,(H,33,34)(H,31,32,35). The lowest BCUT2D eigenvalue weighted by atomic mass is 9.99. The highest BCUT2D eigenvalue weighted by Crippen LogP contribution is 2.30. The van der Waals surface area contributed by atoms with E-state index >= 15 is 0 Å². The van der Waals surface area contributed by atoms with Crippen LogP contribution in [0.2, 0.25) is 10.0 Å². The Morgan fingerprint density at radius 1 is 0.857 bits per heavy atom. The van der Waals surface area contributed by atoms with Crippen molar-refractivity contribution < 1.29 is 14.0 Å². The van der Waals surface area contributed by atoms with E-state index in [1.807, 2.05) is 31.2 Å². The summed E-state index contributed by atoms with van der Waals surface area (Å²) in [7, 11) is 0. The van der Waals surface area contributed by atoms with E-state index in [9.17, 15) is 14.0 Å². The maximum atomic E-state index is 15.0. The molecular formula is C27H20Cl2FN3O2. The number of rotatable bonds is 5. The molecule has 0 saturated carbocycles. The van der Waals surface area contributed by atoms with E-state index in [4.69, 9.17) is 23.2 Å². The molecule has 1 aromatic heterocycles. The van der Waals surface area contributed by atoms with Crippen LogP contribution < -0.4 is 10.6 Å². The molecule has 0 atom stereocenters. The summed E-state index contributed by atoms with van der Waals surface area (Å²) in [5.74, 6) is -1.70. The average molecular weight is 508 g/mol. The Labute approximate surface area is 211 Å². The Morgan fingerprint density at radius 2 is 1.60 bits per heavy atom. The van der Waals surface area contributed by atoms with Gasteiger partial charge >= 0.3 is 0 Å². The summed E-state index contributed by atoms with van der Waals surface area (Å²) >= 11 is 12.2. The third-order valence-electron chi connectivity index (χ3n) is 5.36. The molecule has 8 heteroatoms. The van der Waals surface area contributed by atoms with Crippen molar-refractivity contribution in [1.82, 2.24) is 4.98 Å². The molecule has 0 spiro atoms. The predicted octanol–water partition coefficient (Wildman–Crippen LogP) is 7.32. The van der Waals surface area contributed by atoms with Crippen molar-refractivity contribution in [3.63, 3.8) is 0 Å². The summed E-state index contributed by atoms with van der Waals surface area (Å²) in [6.45, 7) is 3.69. The van der Waals surface area contributed by atoms with Crippen molar-refractivity contribution in [2.45, 2.75) is 13.8 Å². The van der Waals surface area contributed by atoms with Crippen LogP contribution in [0.15, 0.2) is 72.9 Å². The van der Waals surface area contributed by atoms with E-state index in [1.165, 1.54) is 18.3 Å². The van der Waals surface area contributed by atoms with Crippen molar-refractivity contribution >= 4 is 46.5 Å². The first-order chi connectivity index (χ1) is 16.7. The predicted molar refractivity (Wildman–Crippen MR) is 138 cm³/mol. The van der Waals surface area contributed by atoms with E-state index in [2.05, 4.69) is 15.6 Å². The second-order valence-electron chi connectivity index (χ2n) is 7.95. The van der Waals surface area contributed by atoms with Crippen LogP contribution in [0, 0.1) is 19.7 Å². The molecule has 0 aliphatic carbocycles. The van der Waals surface area contributed by atoms with E-state index in [1.54, 1.807) is 37.3 Å². The molecule has 0 aliphatic heterocycles. The molecular weight excluding hydrogens is 488 g/mol. The zero-order valence-electron chi connectivity index (χ0n) is 18.8. The van der Waals surface area contributed by atoms with Crippen molar-refractivity contribution in [1.29, 1.82) is 0 Å². The van der Waals surface area contributed by atoms with Gasteiger partial charge in [-0.15, -0.1) is 0 Å². The number of pyridine rings is 1. The molecule has 0 fully saturated rings. The highest BCUT2D eigenvalue weighted by molar-refractivity contribution is 6.35. The van der Waals surface area contributed by atoms with Crippen molar-refractivity contribution in [3.05, 3.63) is 111 Å². The van der Waals surface area contributed by atoms with E-state index < -0.39 is 17.6 Å². The van der Waals surface area contributed by atoms with Gasteiger partial charge in [0.1, 0.15) is 11.6 Å². The number of carbonyl (C=O) groups excluding carboxylic acids is 2. The Balaban J connectivity index is 1.62. The Bertz CT molecular complexity index is 1440. The molecule has 4 aromatic rings. The minimum absolute atomic E-state index is 0.0658. The Morgan fingerprint density at radius 3 is 2.29 bits per heavy atom. The van der Waals surface area contributed by atoms with Gasteiger partial charge in [-0.05, 0) is 72.5 Å². The fraction of sp³-hybridized carbons (Fsp3) is 0.0741. The number of halogens is 3. The molecule has 4 rings (SSSR count). The lowest BCUT2D eigenvalue weighted by molar-refractivity contribution is 0.102.